The second-order valence-electron chi connectivity index (χ2n) is 7.29. The van der Waals surface area contributed by atoms with E-state index in [2.05, 4.69) is 16.0 Å². The first kappa shape index (κ1) is 21.7. The van der Waals surface area contributed by atoms with Gasteiger partial charge in [-0.25, -0.2) is 4.79 Å². The highest BCUT2D eigenvalue weighted by atomic mass is 19.4. The fraction of sp³-hybridized carbons (Fsp3) is 0.364. The minimum absolute atomic E-state index is 0.231. The molecule has 8 heteroatoms. The summed E-state index contributed by atoms with van der Waals surface area (Å²) in [4.78, 5) is 24.0. The number of amides is 3. The van der Waals surface area contributed by atoms with Gasteiger partial charge >= 0.3 is 12.2 Å². The highest BCUT2D eigenvalue weighted by Gasteiger charge is 2.30. The van der Waals surface area contributed by atoms with Gasteiger partial charge in [0.1, 0.15) is 0 Å². The zero-order chi connectivity index (χ0) is 21.6. The maximum atomic E-state index is 12.9. The van der Waals surface area contributed by atoms with Gasteiger partial charge in [0.05, 0.1) is 5.56 Å². The molecule has 1 fully saturated rings. The number of hydrogen-bond acceptors (Lipinski definition) is 2. The molecule has 0 bridgehead atoms. The lowest BCUT2D eigenvalue weighted by molar-refractivity contribution is -0.137. The molecule has 0 radical (unpaired) electrons. The molecule has 2 aromatic rings. The molecule has 0 aliphatic heterocycles. The van der Waals surface area contributed by atoms with E-state index in [0.717, 1.165) is 37.8 Å². The van der Waals surface area contributed by atoms with Crippen LogP contribution in [0.1, 0.15) is 41.6 Å². The van der Waals surface area contributed by atoms with E-state index >= 15 is 0 Å². The van der Waals surface area contributed by atoms with Gasteiger partial charge in [0.2, 0.25) is 0 Å². The number of urea groups is 1. The molecule has 0 heterocycles. The highest BCUT2D eigenvalue weighted by molar-refractivity contribution is 5.94. The predicted molar refractivity (Wildman–Crippen MR) is 108 cm³/mol. The van der Waals surface area contributed by atoms with Crippen molar-refractivity contribution in [1.29, 1.82) is 0 Å². The minimum atomic E-state index is -4.40. The molecule has 0 saturated heterocycles. The Balaban J connectivity index is 1.47. The summed E-state index contributed by atoms with van der Waals surface area (Å²) >= 11 is 0. The van der Waals surface area contributed by atoms with Crippen LogP contribution in [-0.2, 0) is 6.18 Å². The van der Waals surface area contributed by atoms with Crippen LogP contribution in [0.4, 0.5) is 18.0 Å². The summed E-state index contributed by atoms with van der Waals surface area (Å²) in [6, 6.07) is 11.4. The predicted octanol–water partition coefficient (Wildman–Crippen LogP) is 4.34. The summed E-state index contributed by atoms with van der Waals surface area (Å²) in [6.45, 7) is 0.568. The Morgan fingerprint density at radius 2 is 1.57 bits per heavy atom. The number of benzene rings is 2. The Bertz CT molecular complexity index is 876. The fourth-order valence-electron chi connectivity index (χ4n) is 3.45. The van der Waals surface area contributed by atoms with Crippen molar-refractivity contribution in [3.05, 3.63) is 59.7 Å². The Labute approximate surface area is 173 Å². The third-order valence-electron chi connectivity index (χ3n) is 5.06. The zero-order valence-corrected chi connectivity index (χ0v) is 16.4. The van der Waals surface area contributed by atoms with Crippen molar-refractivity contribution >= 4 is 11.9 Å². The molecule has 0 spiro atoms. The van der Waals surface area contributed by atoms with Gasteiger partial charge < -0.3 is 16.0 Å². The maximum absolute atomic E-state index is 12.9. The van der Waals surface area contributed by atoms with Gasteiger partial charge in [-0.2, -0.15) is 13.2 Å². The van der Waals surface area contributed by atoms with Gasteiger partial charge in [-0.15, -0.1) is 0 Å². The van der Waals surface area contributed by atoms with Crippen LogP contribution < -0.4 is 16.0 Å². The molecule has 1 aliphatic rings. The molecule has 3 N–H and O–H groups in total. The van der Waals surface area contributed by atoms with Crippen molar-refractivity contribution in [3.63, 3.8) is 0 Å². The number of carbonyl (C=O) groups excluding carboxylic acids is 2. The van der Waals surface area contributed by atoms with Crippen LogP contribution in [0.15, 0.2) is 48.5 Å². The fourth-order valence-corrected chi connectivity index (χ4v) is 3.45. The molecule has 2 aromatic carbocycles. The highest BCUT2D eigenvalue weighted by Crippen LogP contribution is 2.32. The summed E-state index contributed by atoms with van der Waals surface area (Å²) in [5.74, 6) is -0.316. The van der Waals surface area contributed by atoms with E-state index in [1.165, 1.54) is 6.07 Å². The number of nitrogens with one attached hydrogen (secondary N) is 3. The summed E-state index contributed by atoms with van der Waals surface area (Å²) in [7, 11) is 0. The van der Waals surface area contributed by atoms with E-state index in [9.17, 15) is 22.8 Å². The number of rotatable bonds is 6. The molecule has 0 aromatic heterocycles. The summed E-state index contributed by atoms with van der Waals surface area (Å²) in [6.07, 6.45) is -0.139. The van der Waals surface area contributed by atoms with E-state index in [-0.39, 0.29) is 24.5 Å². The Morgan fingerprint density at radius 1 is 0.900 bits per heavy atom. The molecule has 30 heavy (non-hydrogen) atoms. The summed E-state index contributed by atoms with van der Waals surface area (Å²) in [5, 5.41) is 8.31. The molecule has 1 aliphatic carbocycles. The van der Waals surface area contributed by atoms with E-state index in [1.807, 2.05) is 0 Å². The van der Waals surface area contributed by atoms with Crippen LogP contribution in [0.2, 0.25) is 0 Å². The van der Waals surface area contributed by atoms with Crippen molar-refractivity contribution in [2.24, 2.45) is 0 Å². The van der Waals surface area contributed by atoms with E-state index in [1.54, 1.807) is 30.3 Å². The summed E-state index contributed by atoms with van der Waals surface area (Å²) < 4.78 is 38.6. The van der Waals surface area contributed by atoms with E-state index < -0.39 is 11.7 Å². The lowest BCUT2D eigenvalue weighted by atomic mass is 10.0. The van der Waals surface area contributed by atoms with Gasteiger partial charge in [-0.3, -0.25) is 4.79 Å². The van der Waals surface area contributed by atoms with Crippen LogP contribution in [0.25, 0.3) is 11.1 Å². The second-order valence-corrected chi connectivity index (χ2v) is 7.29. The largest absolute Gasteiger partial charge is 0.416 e. The lowest BCUT2D eigenvalue weighted by Gasteiger charge is -2.13. The molecule has 3 rings (SSSR count). The Kier molecular flexibility index (Phi) is 6.97. The number of halogens is 3. The van der Waals surface area contributed by atoms with Crippen molar-refractivity contribution in [2.45, 2.75) is 37.9 Å². The average molecular weight is 419 g/mol. The monoisotopic (exact) mass is 419 g/mol. The SMILES string of the molecule is O=C(NCCNC(=O)c1ccc(-c2cccc(C(F)(F)F)c2)cc1)NC1CCCC1. The van der Waals surface area contributed by atoms with E-state index in [4.69, 9.17) is 0 Å². The van der Waals surface area contributed by atoms with Gasteiger partial charge in [0.15, 0.2) is 0 Å². The van der Waals surface area contributed by atoms with Crippen LogP contribution in [0.3, 0.4) is 0 Å². The molecule has 5 nitrogen and oxygen atoms in total. The van der Waals surface area contributed by atoms with Crippen molar-refractivity contribution in [3.8, 4) is 11.1 Å². The van der Waals surface area contributed by atoms with Crippen molar-refractivity contribution < 1.29 is 22.8 Å². The van der Waals surface area contributed by atoms with Crippen LogP contribution in [0.5, 0.6) is 0 Å². The lowest BCUT2D eigenvalue weighted by Crippen LogP contribution is -2.43. The van der Waals surface area contributed by atoms with Crippen LogP contribution >= 0.6 is 0 Å². The topological polar surface area (TPSA) is 70.2 Å². The minimum Gasteiger partial charge on any atom is -0.350 e. The Morgan fingerprint density at radius 3 is 2.23 bits per heavy atom. The molecule has 0 atom stereocenters. The van der Waals surface area contributed by atoms with Gasteiger partial charge in [-0.05, 0) is 48.2 Å². The normalized spacial score (nSPS) is 14.4. The first-order valence-corrected chi connectivity index (χ1v) is 9.93. The zero-order valence-electron chi connectivity index (χ0n) is 16.4. The Hall–Kier alpha value is -3.03. The number of hydrogen-bond donors (Lipinski definition) is 3. The van der Waals surface area contributed by atoms with Crippen molar-refractivity contribution in [1.82, 2.24) is 16.0 Å². The van der Waals surface area contributed by atoms with Gasteiger partial charge in [-0.1, -0.05) is 37.1 Å². The molecule has 0 unspecified atom stereocenters. The third-order valence-corrected chi connectivity index (χ3v) is 5.06. The smallest absolute Gasteiger partial charge is 0.350 e. The molecular formula is C22H24F3N3O2. The average Bonchev–Trinajstić information content (AvgIpc) is 3.23. The number of carbonyl (C=O) groups is 2. The molecule has 1 saturated carbocycles. The second kappa shape index (κ2) is 9.65. The van der Waals surface area contributed by atoms with Crippen LogP contribution in [-0.4, -0.2) is 31.1 Å². The molecular weight excluding hydrogens is 395 g/mol. The van der Waals surface area contributed by atoms with E-state index in [0.29, 0.717) is 23.2 Å². The quantitative estimate of drug-likeness (QED) is 0.610. The molecule has 160 valence electrons. The van der Waals surface area contributed by atoms with Gasteiger partial charge in [0, 0.05) is 24.7 Å². The summed E-state index contributed by atoms with van der Waals surface area (Å²) in [5.41, 5.74) is 0.685. The standard InChI is InChI=1S/C22H24F3N3O2/c23-22(24,25)18-5-3-4-17(14-18)15-8-10-16(11-9-15)20(29)26-12-13-27-21(30)28-19-6-1-2-7-19/h3-5,8-11,14,19H,1-2,6-7,12-13H2,(H,26,29)(H2,27,28,30). The maximum Gasteiger partial charge on any atom is 0.416 e. The third kappa shape index (κ3) is 5.98. The van der Waals surface area contributed by atoms with Crippen molar-refractivity contribution in [2.75, 3.05) is 13.1 Å². The van der Waals surface area contributed by atoms with Crippen LogP contribution in [0, 0.1) is 0 Å². The molecule has 3 amide bonds. The number of alkyl halides is 3. The first-order chi connectivity index (χ1) is 14.3. The van der Waals surface area contributed by atoms with Gasteiger partial charge in [0.25, 0.3) is 5.91 Å². The first-order valence-electron chi connectivity index (χ1n) is 9.93.